The molecule has 0 spiro atoms. The number of rotatable bonds is 1. The highest BCUT2D eigenvalue weighted by molar-refractivity contribution is 5.98. The van der Waals surface area contributed by atoms with Crippen LogP contribution in [0.1, 0.15) is 84.0 Å². The van der Waals surface area contributed by atoms with E-state index < -0.39 is 11.9 Å². The fourth-order valence-electron chi connectivity index (χ4n) is 3.09. The second-order valence-corrected chi connectivity index (χ2v) is 6.43. The minimum atomic E-state index is -0.925. The molecule has 1 fully saturated rings. The van der Waals surface area contributed by atoms with Gasteiger partial charge >= 0.3 is 5.97 Å². The molecule has 1 aliphatic rings. The number of aliphatic carboxylic acids is 1. The average Bonchev–Trinajstić information content (AvgIpc) is 2.39. The van der Waals surface area contributed by atoms with Crippen molar-refractivity contribution in [3.8, 4) is 0 Å². The number of carbonyl (C=O) groups is 2. The second kappa shape index (κ2) is 9.95. The summed E-state index contributed by atoms with van der Waals surface area (Å²) in [7, 11) is 0. The van der Waals surface area contributed by atoms with E-state index in [4.69, 9.17) is 0 Å². The van der Waals surface area contributed by atoms with Gasteiger partial charge in [-0.25, -0.2) is 0 Å². The van der Waals surface area contributed by atoms with Crippen LogP contribution in [0.5, 0.6) is 0 Å². The predicted molar refractivity (Wildman–Crippen MR) is 80.7 cm³/mol. The van der Waals surface area contributed by atoms with Crippen molar-refractivity contribution in [1.82, 2.24) is 0 Å². The number of carboxylic acids is 1. The van der Waals surface area contributed by atoms with Crippen molar-refractivity contribution in [2.75, 3.05) is 0 Å². The maximum absolute atomic E-state index is 12.1. The molecule has 20 heavy (non-hydrogen) atoms. The summed E-state index contributed by atoms with van der Waals surface area (Å²) >= 11 is 0. The Labute approximate surface area is 123 Å². The highest BCUT2D eigenvalue weighted by atomic mass is 16.4. The molecule has 0 aromatic heterocycles. The van der Waals surface area contributed by atoms with Gasteiger partial charge in [-0.05, 0) is 12.3 Å². The lowest BCUT2D eigenvalue weighted by Crippen LogP contribution is -2.25. The Kier molecular flexibility index (Phi) is 8.56. The Morgan fingerprint density at radius 3 is 1.85 bits per heavy atom. The number of hydrogen-bond acceptors (Lipinski definition) is 2. The molecule has 1 saturated carbocycles. The number of carboxylic acid groups (broad SMARTS) is 1. The van der Waals surface area contributed by atoms with Crippen molar-refractivity contribution in [3.05, 3.63) is 0 Å². The Balaban J connectivity index is 2.52. The first-order valence-corrected chi connectivity index (χ1v) is 8.36. The zero-order valence-corrected chi connectivity index (χ0v) is 12.9. The molecule has 0 saturated heterocycles. The summed E-state index contributed by atoms with van der Waals surface area (Å²) in [5.74, 6) is -1.41. The molecule has 3 heteroatoms. The Morgan fingerprint density at radius 1 is 0.900 bits per heavy atom. The third kappa shape index (κ3) is 7.06. The molecule has 0 radical (unpaired) electrons. The molecule has 116 valence electrons. The van der Waals surface area contributed by atoms with E-state index in [1.54, 1.807) is 0 Å². The number of Topliss-reactive ketones (excluding diaryl/α,β-unsaturated/α-hetero) is 1. The van der Waals surface area contributed by atoms with Crippen LogP contribution in [0.15, 0.2) is 0 Å². The first-order chi connectivity index (χ1) is 9.61. The molecule has 1 rings (SSSR count). The molecule has 0 aliphatic heterocycles. The van der Waals surface area contributed by atoms with Gasteiger partial charge in [0, 0.05) is 6.42 Å². The van der Waals surface area contributed by atoms with Gasteiger partial charge in [0.2, 0.25) is 0 Å². The van der Waals surface area contributed by atoms with Crippen LogP contribution in [0.4, 0.5) is 0 Å². The van der Waals surface area contributed by atoms with Gasteiger partial charge in [-0.2, -0.15) is 0 Å². The highest BCUT2D eigenvalue weighted by Crippen LogP contribution is 2.21. The highest BCUT2D eigenvalue weighted by Gasteiger charge is 2.26. The quantitative estimate of drug-likeness (QED) is 0.716. The maximum Gasteiger partial charge on any atom is 0.314 e. The van der Waals surface area contributed by atoms with Crippen LogP contribution in [0.25, 0.3) is 0 Å². The van der Waals surface area contributed by atoms with Gasteiger partial charge in [-0.15, -0.1) is 0 Å². The van der Waals surface area contributed by atoms with Crippen molar-refractivity contribution in [3.63, 3.8) is 0 Å². The minimum Gasteiger partial charge on any atom is -0.481 e. The van der Waals surface area contributed by atoms with Crippen LogP contribution in [-0.2, 0) is 9.59 Å². The summed E-state index contributed by atoms with van der Waals surface area (Å²) in [6.07, 6.45) is 12.7. The molecule has 0 aromatic carbocycles. The van der Waals surface area contributed by atoms with E-state index in [0.29, 0.717) is 18.8 Å². The summed E-state index contributed by atoms with van der Waals surface area (Å²) < 4.78 is 0. The van der Waals surface area contributed by atoms with Crippen LogP contribution in [0.2, 0.25) is 0 Å². The molecule has 1 N–H and O–H groups in total. The van der Waals surface area contributed by atoms with Gasteiger partial charge in [0.1, 0.15) is 11.7 Å². The fourth-order valence-corrected chi connectivity index (χ4v) is 3.09. The first-order valence-electron chi connectivity index (χ1n) is 8.36. The van der Waals surface area contributed by atoms with Crippen LogP contribution in [0, 0.1) is 11.8 Å². The fraction of sp³-hybridized carbons (Fsp3) is 0.882. The molecular formula is C17H30O3. The van der Waals surface area contributed by atoms with Gasteiger partial charge in [-0.1, -0.05) is 71.1 Å². The zero-order valence-electron chi connectivity index (χ0n) is 12.9. The molecule has 1 unspecified atom stereocenters. The van der Waals surface area contributed by atoms with Gasteiger partial charge in [0.05, 0.1) is 0 Å². The molecule has 0 aromatic rings. The summed E-state index contributed by atoms with van der Waals surface area (Å²) in [6.45, 7) is 2.08. The molecule has 3 nitrogen and oxygen atoms in total. The maximum atomic E-state index is 12.1. The third-order valence-corrected chi connectivity index (χ3v) is 4.43. The normalized spacial score (nSPS) is 28.4. The first kappa shape index (κ1) is 17.2. The van der Waals surface area contributed by atoms with Crippen LogP contribution >= 0.6 is 0 Å². The molecular weight excluding hydrogens is 252 g/mol. The Morgan fingerprint density at radius 2 is 1.35 bits per heavy atom. The lowest BCUT2D eigenvalue weighted by Gasteiger charge is -2.15. The molecule has 0 heterocycles. The van der Waals surface area contributed by atoms with Crippen LogP contribution in [0.3, 0.4) is 0 Å². The summed E-state index contributed by atoms with van der Waals surface area (Å²) in [6, 6.07) is 0. The van der Waals surface area contributed by atoms with Crippen LogP contribution in [-0.4, -0.2) is 16.9 Å². The van der Waals surface area contributed by atoms with E-state index >= 15 is 0 Å². The molecule has 2 atom stereocenters. The predicted octanol–water partition coefficient (Wildman–Crippen LogP) is 4.59. The summed E-state index contributed by atoms with van der Waals surface area (Å²) in [5, 5.41) is 9.22. The Hall–Kier alpha value is -0.860. The Bertz CT molecular complexity index is 299. The van der Waals surface area contributed by atoms with Gasteiger partial charge in [-0.3, -0.25) is 9.59 Å². The smallest absolute Gasteiger partial charge is 0.314 e. The second-order valence-electron chi connectivity index (χ2n) is 6.43. The summed E-state index contributed by atoms with van der Waals surface area (Å²) in [5.41, 5.74) is 0. The van der Waals surface area contributed by atoms with E-state index in [2.05, 4.69) is 6.92 Å². The van der Waals surface area contributed by atoms with Crippen molar-refractivity contribution in [2.24, 2.45) is 11.8 Å². The van der Waals surface area contributed by atoms with E-state index in [0.717, 1.165) is 19.3 Å². The standard InChI is InChI=1S/C17H30O3/c1-14-11-9-7-5-3-2-4-6-8-10-12-15(17(19)20)16(18)13-14/h14-15H,2-13H2,1H3,(H,19,20)/t14-,15?/m1/s1. The van der Waals surface area contributed by atoms with E-state index in [-0.39, 0.29) is 5.78 Å². The molecule has 0 amide bonds. The number of carbonyl (C=O) groups excluding carboxylic acids is 1. The van der Waals surface area contributed by atoms with E-state index in [9.17, 15) is 14.7 Å². The molecule has 0 bridgehead atoms. The van der Waals surface area contributed by atoms with Crippen molar-refractivity contribution in [2.45, 2.75) is 84.0 Å². The largest absolute Gasteiger partial charge is 0.481 e. The molecule has 1 aliphatic carbocycles. The van der Waals surface area contributed by atoms with Crippen molar-refractivity contribution >= 4 is 11.8 Å². The third-order valence-electron chi connectivity index (χ3n) is 4.43. The van der Waals surface area contributed by atoms with Crippen LogP contribution < -0.4 is 0 Å². The number of ketones is 1. The van der Waals surface area contributed by atoms with Crippen molar-refractivity contribution < 1.29 is 14.7 Å². The van der Waals surface area contributed by atoms with Crippen molar-refractivity contribution in [1.29, 1.82) is 0 Å². The summed E-state index contributed by atoms with van der Waals surface area (Å²) in [4.78, 5) is 23.4. The van der Waals surface area contributed by atoms with E-state index in [1.165, 1.54) is 44.9 Å². The lowest BCUT2D eigenvalue weighted by molar-refractivity contribution is -0.146. The zero-order chi connectivity index (χ0) is 14.8. The average molecular weight is 282 g/mol. The van der Waals surface area contributed by atoms with Gasteiger partial charge in [0.25, 0.3) is 0 Å². The SMILES string of the molecule is C[C@@H]1CCCCCCCCCCCC(C(=O)O)C(=O)C1. The van der Waals surface area contributed by atoms with Gasteiger partial charge in [0.15, 0.2) is 0 Å². The van der Waals surface area contributed by atoms with E-state index in [1.807, 2.05) is 0 Å². The monoisotopic (exact) mass is 282 g/mol. The lowest BCUT2D eigenvalue weighted by atomic mass is 9.89. The van der Waals surface area contributed by atoms with Gasteiger partial charge < -0.3 is 5.11 Å². The topological polar surface area (TPSA) is 54.4 Å². The number of hydrogen-bond donors (Lipinski definition) is 1. The minimum absolute atomic E-state index is 0.0557.